The Morgan fingerprint density at radius 3 is 2.81 bits per heavy atom. The fourth-order valence-corrected chi connectivity index (χ4v) is 3.53. The Bertz CT molecular complexity index is 979. The number of carbonyl (C=O) groups is 1. The molecule has 3 aromatic rings. The van der Waals surface area contributed by atoms with Crippen LogP contribution in [0.3, 0.4) is 0 Å². The molecule has 0 amide bonds. The van der Waals surface area contributed by atoms with Crippen molar-refractivity contribution in [3.63, 3.8) is 0 Å². The molecule has 2 aromatic heterocycles. The van der Waals surface area contributed by atoms with E-state index in [1.54, 1.807) is 10.9 Å². The molecule has 4 N–H and O–H groups in total. The van der Waals surface area contributed by atoms with Crippen molar-refractivity contribution >= 4 is 17.3 Å². The number of nitrogens with two attached hydrogens (primary N) is 1. The molecule has 1 aliphatic carbocycles. The van der Waals surface area contributed by atoms with Crippen LogP contribution in [0, 0.1) is 0 Å². The molecule has 2 heterocycles. The van der Waals surface area contributed by atoms with Crippen molar-refractivity contribution in [1.82, 2.24) is 14.8 Å². The van der Waals surface area contributed by atoms with Gasteiger partial charge >= 0.3 is 5.97 Å². The number of fused-ring (bicyclic) bond motifs is 3. The first kappa shape index (κ1) is 17.1. The van der Waals surface area contributed by atoms with E-state index in [9.17, 15) is 9.90 Å². The van der Waals surface area contributed by atoms with Crippen LogP contribution >= 0.6 is 0 Å². The Kier molecular flexibility index (Phi) is 4.50. The highest BCUT2D eigenvalue weighted by Crippen LogP contribution is 2.34. The summed E-state index contributed by atoms with van der Waals surface area (Å²) < 4.78 is 1.63. The van der Waals surface area contributed by atoms with Crippen LogP contribution in [-0.4, -0.2) is 32.4 Å². The van der Waals surface area contributed by atoms with Crippen LogP contribution in [0.1, 0.15) is 28.0 Å². The van der Waals surface area contributed by atoms with Crippen LogP contribution in [0.5, 0.6) is 0 Å². The highest BCUT2D eigenvalue weighted by Gasteiger charge is 2.27. The van der Waals surface area contributed by atoms with Gasteiger partial charge in [0.15, 0.2) is 0 Å². The number of pyridine rings is 1. The summed E-state index contributed by atoms with van der Waals surface area (Å²) in [6, 6.07) is 9.46. The summed E-state index contributed by atoms with van der Waals surface area (Å²) in [5, 5.41) is 17.7. The second-order valence-corrected chi connectivity index (χ2v) is 6.64. The molecule has 7 nitrogen and oxygen atoms in total. The Hall–Kier alpha value is -3.35. The monoisotopic (exact) mass is 363 g/mol. The number of carboxylic acid groups (broad SMARTS) is 1. The van der Waals surface area contributed by atoms with Crippen molar-refractivity contribution in [3.05, 3.63) is 59.5 Å². The molecule has 0 fully saturated rings. The average Bonchev–Trinajstić information content (AvgIpc) is 3.06. The summed E-state index contributed by atoms with van der Waals surface area (Å²) in [5.41, 5.74) is 11.4. The second-order valence-electron chi connectivity index (χ2n) is 6.64. The Balaban J connectivity index is 1.51. The number of aromatic carboxylic acids is 1. The van der Waals surface area contributed by atoms with Gasteiger partial charge in [-0.05, 0) is 55.2 Å². The lowest BCUT2D eigenvalue weighted by Crippen LogP contribution is -2.14. The molecule has 27 heavy (non-hydrogen) atoms. The van der Waals surface area contributed by atoms with Gasteiger partial charge in [0.05, 0.1) is 5.69 Å². The molecule has 7 heteroatoms. The number of rotatable bonds is 6. The van der Waals surface area contributed by atoms with E-state index in [-0.39, 0.29) is 0 Å². The normalized spacial score (nSPS) is 12.3. The van der Waals surface area contributed by atoms with Crippen LogP contribution in [0.2, 0.25) is 0 Å². The number of hydrogen-bond donors (Lipinski definition) is 3. The molecule has 0 bridgehead atoms. The van der Waals surface area contributed by atoms with Gasteiger partial charge < -0.3 is 16.2 Å². The Morgan fingerprint density at radius 1 is 1.22 bits per heavy atom. The van der Waals surface area contributed by atoms with E-state index in [1.165, 1.54) is 0 Å². The van der Waals surface area contributed by atoms with E-state index >= 15 is 0 Å². The standard InChI is InChI=1S/C20H21N5O2/c21-14-3-5-15(6-4-14)23-9-1-11-25-19(20(26)27)17-7-2-13-12-22-10-8-16(13)18(17)24-25/h3-6,8,10,12,23H,1-2,7,9,11,21H2,(H,26,27). The number of aryl methyl sites for hydroxylation is 2. The van der Waals surface area contributed by atoms with E-state index in [1.807, 2.05) is 36.5 Å². The fraction of sp³-hybridized carbons (Fsp3) is 0.250. The first-order valence-corrected chi connectivity index (χ1v) is 8.99. The molecule has 0 spiro atoms. The molecule has 4 rings (SSSR count). The topological polar surface area (TPSA) is 106 Å². The van der Waals surface area contributed by atoms with Gasteiger partial charge in [0.1, 0.15) is 5.69 Å². The maximum Gasteiger partial charge on any atom is 0.354 e. The third-order valence-corrected chi connectivity index (χ3v) is 4.84. The summed E-state index contributed by atoms with van der Waals surface area (Å²) in [6.45, 7) is 1.25. The van der Waals surface area contributed by atoms with Crippen LogP contribution in [0.15, 0.2) is 42.7 Å². The maximum atomic E-state index is 11.9. The first-order valence-electron chi connectivity index (χ1n) is 8.99. The smallest absolute Gasteiger partial charge is 0.354 e. The number of benzene rings is 1. The van der Waals surface area contributed by atoms with Gasteiger partial charge in [-0.1, -0.05) is 0 Å². The van der Waals surface area contributed by atoms with Gasteiger partial charge in [-0.15, -0.1) is 0 Å². The van der Waals surface area contributed by atoms with Crippen LogP contribution in [-0.2, 0) is 19.4 Å². The van der Waals surface area contributed by atoms with Crippen molar-refractivity contribution in [2.75, 3.05) is 17.6 Å². The van der Waals surface area contributed by atoms with Gasteiger partial charge in [0.2, 0.25) is 0 Å². The van der Waals surface area contributed by atoms with Crippen molar-refractivity contribution < 1.29 is 9.90 Å². The summed E-state index contributed by atoms with van der Waals surface area (Å²) in [5.74, 6) is -0.923. The molecule has 1 aliphatic rings. The fourth-order valence-electron chi connectivity index (χ4n) is 3.53. The van der Waals surface area contributed by atoms with E-state index in [2.05, 4.69) is 15.4 Å². The zero-order valence-corrected chi connectivity index (χ0v) is 14.9. The second kappa shape index (κ2) is 7.11. The molecule has 1 aromatic carbocycles. The lowest BCUT2D eigenvalue weighted by molar-refractivity contribution is 0.0681. The first-order chi connectivity index (χ1) is 13.1. The summed E-state index contributed by atoms with van der Waals surface area (Å²) in [7, 11) is 0. The van der Waals surface area contributed by atoms with Crippen molar-refractivity contribution in [1.29, 1.82) is 0 Å². The number of anilines is 2. The van der Waals surface area contributed by atoms with Crippen molar-refractivity contribution in [2.45, 2.75) is 25.8 Å². The molecule has 0 saturated heterocycles. The van der Waals surface area contributed by atoms with E-state index < -0.39 is 5.97 Å². The zero-order chi connectivity index (χ0) is 18.8. The number of nitrogens with zero attached hydrogens (tertiary/aromatic N) is 3. The predicted molar refractivity (Wildman–Crippen MR) is 104 cm³/mol. The van der Waals surface area contributed by atoms with Gasteiger partial charge in [-0.2, -0.15) is 5.10 Å². The average molecular weight is 363 g/mol. The van der Waals surface area contributed by atoms with Crippen molar-refractivity contribution in [2.24, 2.45) is 0 Å². The quantitative estimate of drug-likeness (QED) is 0.459. The van der Waals surface area contributed by atoms with E-state index in [0.717, 1.165) is 46.6 Å². The number of carboxylic acids is 1. The minimum atomic E-state index is -0.923. The summed E-state index contributed by atoms with van der Waals surface area (Å²) >= 11 is 0. The number of nitrogen functional groups attached to an aromatic ring is 1. The molecule has 0 atom stereocenters. The lowest BCUT2D eigenvalue weighted by atomic mass is 9.90. The zero-order valence-electron chi connectivity index (χ0n) is 14.9. The number of nitrogens with one attached hydrogen (secondary N) is 1. The van der Waals surface area contributed by atoms with Gasteiger partial charge in [-0.25, -0.2) is 4.79 Å². The molecule has 0 unspecified atom stereocenters. The van der Waals surface area contributed by atoms with Gasteiger partial charge in [0.25, 0.3) is 0 Å². The molecule has 0 saturated carbocycles. The van der Waals surface area contributed by atoms with Crippen LogP contribution in [0.4, 0.5) is 11.4 Å². The third kappa shape index (κ3) is 3.36. The van der Waals surface area contributed by atoms with E-state index in [4.69, 9.17) is 5.73 Å². The molecule has 0 radical (unpaired) electrons. The van der Waals surface area contributed by atoms with Crippen molar-refractivity contribution in [3.8, 4) is 11.3 Å². The van der Waals surface area contributed by atoms with Crippen LogP contribution < -0.4 is 11.1 Å². The third-order valence-electron chi connectivity index (χ3n) is 4.84. The SMILES string of the molecule is Nc1ccc(NCCCn2nc3c(c2C(=O)O)CCc2cnccc2-3)cc1. The molecular weight excluding hydrogens is 342 g/mol. The predicted octanol–water partition coefficient (Wildman–Crippen LogP) is 2.83. The largest absolute Gasteiger partial charge is 0.477 e. The lowest BCUT2D eigenvalue weighted by Gasteiger charge is -2.14. The number of aromatic nitrogens is 3. The minimum Gasteiger partial charge on any atom is -0.477 e. The minimum absolute atomic E-state index is 0.306. The molecule has 0 aliphatic heterocycles. The maximum absolute atomic E-state index is 11.9. The van der Waals surface area contributed by atoms with Gasteiger partial charge in [0, 0.05) is 48.0 Å². The molecule has 138 valence electrons. The molecular formula is C20H21N5O2. The summed E-state index contributed by atoms with van der Waals surface area (Å²) in [6.07, 6.45) is 5.80. The number of hydrogen-bond acceptors (Lipinski definition) is 5. The van der Waals surface area contributed by atoms with Crippen LogP contribution in [0.25, 0.3) is 11.3 Å². The highest BCUT2D eigenvalue weighted by molar-refractivity contribution is 5.90. The Labute approximate surface area is 156 Å². The summed E-state index contributed by atoms with van der Waals surface area (Å²) in [4.78, 5) is 16.0. The van der Waals surface area contributed by atoms with E-state index in [0.29, 0.717) is 25.2 Å². The van der Waals surface area contributed by atoms with Gasteiger partial charge in [-0.3, -0.25) is 9.67 Å². The highest BCUT2D eigenvalue weighted by atomic mass is 16.4. The Morgan fingerprint density at radius 2 is 2.04 bits per heavy atom.